The van der Waals surface area contributed by atoms with Crippen molar-refractivity contribution >= 4 is 11.6 Å². The molecule has 0 saturated heterocycles. The first-order chi connectivity index (χ1) is 9.13. The highest BCUT2D eigenvalue weighted by Crippen LogP contribution is 2.16. The lowest BCUT2D eigenvalue weighted by Crippen LogP contribution is -2.17. The number of rotatable bonds is 8. The summed E-state index contributed by atoms with van der Waals surface area (Å²) in [6.07, 6.45) is 4.83. The van der Waals surface area contributed by atoms with Crippen LogP contribution < -0.4 is 10.1 Å². The molecule has 3 nitrogen and oxygen atoms in total. The van der Waals surface area contributed by atoms with Gasteiger partial charge in [-0.3, -0.25) is 4.79 Å². The topological polar surface area (TPSA) is 38.3 Å². The van der Waals surface area contributed by atoms with Crippen molar-refractivity contribution in [2.75, 3.05) is 11.9 Å². The van der Waals surface area contributed by atoms with E-state index < -0.39 is 0 Å². The zero-order valence-electron chi connectivity index (χ0n) is 12.2. The molecule has 0 unspecified atom stereocenters. The van der Waals surface area contributed by atoms with E-state index in [2.05, 4.69) is 12.2 Å². The molecule has 1 aromatic rings. The van der Waals surface area contributed by atoms with Gasteiger partial charge >= 0.3 is 0 Å². The Bertz CT molecular complexity index is 371. The van der Waals surface area contributed by atoms with Crippen LogP contribution in [0.15, 0.2) is 24.3 Å². The third-order valence-corrected chi connectivity index (χ3v) is 2.91. The fraction of sp³-hybridized carbons (Fsp3) is 0.562. The van der Waals surface area contributed by atoms with Crippen LogP contribution in [-0.4, -0.2) is 12.5 Å². The Kier molecular flexibility index (Phi) is 7.01. The number of anilines is 1. The van der Waals surface area contributed by atoms with E-state index in [1.807, 2.05) is 38.1 Å². The molecule has 1 rings (SSSR count). The summed E-state index contributed by atoms with van der Waals surface area (Å²) in [5.74, 6) is 0.891. The van der Waals surface area contributed by atoms with Gasteiger partial charge in [0.15, 0.2) is 0 Å². The van der Waals surface area contributed by atoms with Gasteiger partial charge < -0.3 is 10.1 Å². The summed E-state index contributed by atoms with van der Waals surface area (Å²) in [5.41, 5.74) is 0.817. The highest BCUT2D eigenvalue weighted by atomic mass is 16.5. The van der Waals surface area contributed by atoms with Crippen LogP contribution in [0.4, 0.5) is 5.69 Å². The van der Waals surface area contributed by atoms with Crippen LogP contribution in [0, 0.1) is 5.92 Å². The van der Waals surface area contributed by atoms with Crippen molar-refractivity contribution in [2.45, 2.75) is 46.5 Å². The minimum Gasteiger partial charge on any atom is -0.494 e. The Hall–Kier alpha value is -1.51. The normalized spacial score (nSPS) is 10.5. The Morgan fingerprint density at radius 1 is 1.16 bits per heavy atom. The number of amides is 1. The van der Waals surface area contributed by atoms with Crippen molar-refractivity contribution < 1.29 is 9.53 Å². The average molecular weight is 263 g/mol. The van der Waals surface area contributed by atoms with Crippen molar-refractivity contribution in [1.29, 1.82) is 0 Å². The Morgan fingerprint density at radius 2 is 1.84 bits per heavy atom. The number of carbonyl (C=O) groups is 1. The maximum absolute atomic E-state index is 11.5. The van der Waals surface area contributed by atoms with E-state index in [1.165, 1.54) is 19.3 Å². The summed E-state index contributed by atoms with van der Waals surface area (Å²) in [6.45, 7) is 6.72. The molecule has 1 amide bonds. The number of carbonyl (C=O) groups excluding carboxylic acids is 1. The summed E-state index contributed by atoms with van der Waals surface area (Å²) in [5, 5.41) is 2.86. The lowest BCUT2D eigenvalue weighted by Gasteiger charge is -2.09. The van der Waals surface area contributed by atoms with Crippen molar-refractivity contribution in [3.63, 3.8) is 0 Å². The van der Waals surface area contributed by atoms with Gasteiger partial charge in [-0.15, -0.1) is 0 Å². The first-order valence-corrected chi connectivity index (χ1v) is 7.17. The number of unbranched alkanes of at least 4 members (excludes halogenated alkanes) is 3. The molecule has 0 fully saturated rings. The molecule has 0 aliphatic carbocycles. The van der Waals surface area contributed by atoms with Gasteiger partial charge in [0.05, 0.1) is 6.61 Å². The average Bonchev–Trinajstić information content (AvgIpc) is 2.40. The number of hydrogen-bond acceptors (Lipinski definition) is 2. The van der Waals surface area contributed by atoms with Crippen LogP contribution in [0.25, 0.3) is 0 Å². The zero-order chi connectivity index (χ0) is 14.1. The van der Waals surface area contributed by atoms with Gasteiger partial charge in [0.1, 0.15) is 5.75 Å². The Balaban J connectivity index is 2.33. The maximum atomic E-state index is 11.5. The maximum Gasteiger partial charge on any atom is 0.226 e. The van der Waals surface area contributed by atoms with E-state index in [0.29, 0.717) is 0 Å². The van der Waals surface area contributed by atoms with Gasteiger partial charge in [-0.2, -0.15) is 0 Å². The Morgan fingerprint density at radius 3 is 2.42 bits per heavy atom. The molecule has 0 bridgehead atoms. The van der Waals surface area contributed by atoms with Crippen LogP contribution >= 0.6 is 0 Å². The van der Waals surface area contributed by atoms with E-state index in [1.54, 1.807) is 0 Å². The second kappa shape index (κ2) is 8.57. The van der Waals surface area contributed by atoms with Crippen molar-refractivity contribution in [3.8, 4) is 5.75 Å². The lowest BCUT2D eigenvalue weighted by atomic mass is 10.2. The molecule has 0 aromatic heterocycles. The van der Waals surface area contributed by atoms with Crippen LogP contribution in [-0.2, 0) is 4.79 Å². The number of benzene rings is 1. The third-order valence-electron chi connectivity index (χ3n) is 2.91. The molecule has 0 spiro atoms. The summed E-state index contributed by atoms with van der Waals surface area (Å²) < 4.78 is 5.65. The van der Waals surface area contributed by atoms with Crippen LogP contribution in [0.3, 0.4) is 0 Å². The molecule has 1 N–H and O–H groups in total. The van der Waals surface area contributed by atoms with E-state index in [0.717, 1.165) is 24.5 Å². The summed E-state index contributed by atoms with van der Waals surface area (Å²) >= 11 is 0. The number of ether oxygens (including phenoxy) is 1. The molecule has 0 aliphatic rings. The second-order valence-electron chi connectivity index (χ2n) is 5.08. The molecular formula is C16H25NO2. The fourth-order valence-corrected chi connectivity index (χ4v) is 1.64. The van der Waals surface area contributed by atoms with Crippen molar-refractivity contribution in [2.24, 2.45) is 5.92 Å². The standard InChI is InChI=1S/C16H25NO2/c1-4-5-6-7-12-19-15-10-8-14(9-11-15)17-16(18)13(2)3/h8-11,13H,4-7,12H2,1-3H3,(H,17,18). The van der Waals surface area contributed by atoms with Gasteiger partial charge in [0.2, 0.25) is 5.91 Å². The van der Waals surface area contributed by atoms with E-state index >= 15 is 0 Å². The fourth-order valence-electron chi connectivity index (χ4n) is 1.64. The first kappa shape index (κ1) is 15.5. The van der Waals surface area contributed by atoms with E-state index in [-0.39, 0.29) is 11.8 Å². The molecule has 0 aliphatic heterocycles. The van der Waals surface area contributed by atoms with Gasteiger partial charge in [-0.25, -0.2) is 0 Å². The van der Waals surface area contributed by atoms with Crippen LogP contribution in [0.2, 0.25) is 0 Å². The highest BCUT2D eigenvalue weighted by Gasteiger charge is 2.06. The zero-order valence-corrected chi connectivity index (χ0v) is 12.2. The molecule has 0 atom stereocenters. The van der Waals surface area contributed by atoms with Gasteiger partial charge in [-0.05, 0) is 30.7 Å². The van der Waals surface area contributed by atoms with Gasteiger partial charge in [0.25, 0.3) is 0 Å². The van der Waals surface area contributed by atoms with E-state index in [9.17, 15) is 4.79 Å². The highest BCUT2D eigenvalue weighted by molar-refractivity contribution is 5.92. The quantitative estimate of drug-likeness (QED) is 0.712. The minimum absolute atomic E-state index is 0.00510. The lowest BCUT2D eigenvalue weighted by molar-refractivity contribution is -0.118. The third kappa shape index (κ3) is 6.27. The predicted molar refractivity (Wildman–Crippen MR) is 79.5 cm³/mol. The molecule has 3 heteroatoms. The molecule has 0 heterocycles. The molecule has 0 saturated carbocycles. The Labute approximate surface area is 116 Å². The molecule has 19 heavy (non-hydrogen) atoms. The molecule has 1 aromatic carbocycles. The van der Waals surface area contributed by atoms with Crippen LogP contribution in [0.5, 0.6) is 5.75 Å². The van der Waals surface area contributed by atoms with Crippen LogP contribution in [0.1, 0.15) is 46.5 Å². The number of nitrogens with one attached hydrogen (secondary N) is 1. The van der Waals surface area contributed by atoms with Crippen molar-refractivity contribution in [1.82, 2.24) is 0 Å². The predicted octanol–water partition coefficient (Wildman–Crippen LogP) is 4.24. The second-order valence-corrected chi connectivity index (χ2v) is 5.08. The minimum atomic E-state index is -0.00510. The van der Waals surface area contributed by atoms with Gasteiger partial charge in [-0.1, -0.05) is 40.0 Å². The SMILES string of the molecule is CCCCCCOc1ccc(NC(=O)C(C)C)cc1. The van der Waals surface area contributed by atoms with Crippen molar-refractivity contribution in [3.05, 3.63) is 24.3 Å². The van der Waals surface area contributed by atoms with E-state index in [4.69, 9.17) is 4.74 Å². The molecule has 106 valence electrons. The largest absolute Gasteiger partial charge is 0.494 e. The first-order valence-electron chi connectivity index (χ1n) is 7.17. The smallest absolute Gasteiger partial charge is 0.226 e. The molecular weight excluding hydrogens is 238 g/mol. The summed E-state index contributed by atoms with van der Waals surface area (Å²) in [4.78, 5) is 11.5. The summed E-state index contributed by atoms with van der Waals surface area (Å²) in [7, 11) is 0. The molecule has 0 radical (unpaired) electrons. The monoisotopic (exact) mass is 263 g/mol. The number of hydrogen-bond donors (Lipinski definition) is 1. The summed E-state index contributed by atoms with van der Waals surface area (Å²) in [6, 6.07) is 7.55. The van der Waals surface area contributed by atoms with Gasteiger partial charge in [0, 0.05) is 11.6 Å².